The van der Waals surface area contributed by atoms with Crippen LogP contribution in [0.3, 0.4) is 0 Å². The first kappa shape index (κ1) is 19.2. The molecule has 1 N–H and O–H groups in total. The molecule has 2 heterocycles. The summed E-state index contributed by atoms with van der Waals surface area (Å²) in [5, 5.41) is 3.71. The number of hydrogen-bond acceptors (Lipinski definition) is 3. The highest BCUT2D eigenvalue weighted by Gasteiger charge is 2.37. The number of benzene rings is 1. The van der Waals surface area contributed by atoms with Crippen LogP contribution in [0.4, 0.5) is 0 Å². The zero-order valence-electron chi connectivity index (χ0n) is 17.3. The van der Waals surface area contributed by atoms with E-state index in [-0.39, 0.29) is 5.04 Å². The fourth-order valence-corrected chi connectivity index (χ4v) is 4.01. The summed E-state index contributed by atoms with van der Waals surface area (Å²) < 4.78 is 8.78. The Kier molecular flexibility index (Phi) is 5.06. The lowest BCUT2D eigenvalue weighted by atomic mass is 10.2. The quantitative estimate of drug-likeness (QED) is 0.708. The van der Waals surface area contributed by atoms with Gasteiger partial charge in [0.2, 0.25) is 0 Å². The summed E-state index contributed by atoms with van der Waals surface area (Å²) in [6, 6.07) is 6.46. The van der Waals surface area contributed by atoms with E-state index in [2.05, 4.69) is 81.9 Å². The average Bonchev–Trinajstić information content (AvgIpc) is 3.18. The molecule has 142 valence electrons. The van der Waals surface area contributed by atoms with Gasteiger partial charge in [0, 0.05) is 18.0 Å². The van der Waals surface area contributed by atoms with E-state index in [1.54, 1.807) is 0 Å². The topological polar surface area (TPSA) is 39.1 Å². The van der Waals surface area contributed by atoms with E-state index in [4.69, 9.17) is 9.41 Å². The Morgan fingerprint density at radius 1 is 1.27 bits per heavy atom. The number of para-hydroxylation sites is 1. The average molecular weight is 372 g/mol. The number of rotatable bonds is 5. The molecule has 1 aromatic heterocycles. The maximum atomic E-state index is 6.48. The molecule has 0 spiro atoms. The van der Waals surface area contributed by atoms with Crippen molar-refractivity contribution in [1.29, 1.82) is 0 Å². The van der Waals surface area contributed by atoms with Crippen molar-refractivity contribution in [3.8, 4) is 0 Å². The molecule has 5 heteroatoms. The Bertz CT molecular complexity index is 828. The Labute approximate surface area is 158 Å². The lowest BCUT2D eigenvalue weighted by Gasteiger charge is -2.36. The molecule has 0 fully saturated rings. The van der Waals surface area contributed by atoms with Gasteiger partial charge < -0.3 is 9.74 Å². The molecule has 0 amide bonds. The van der Waals surface area contributed by atoms with Gasteiger partial charge in [-0.05, 0) is 36.7 Å². The van der Waals surface area contributed by atoms with Gasteiger partial charge in [0.05, 0.1) is 17.6 Å². The van der Waals surface area contributed by atoms with Gasteiger partial charge in [0.1, 0.15) is 11.6 Å². The second-order valence-electron chi connectivity index (χ2n) is 9.10. The highest BCUT2D eigenvalue weighted by Crippen LogP contribution is 2.37. The Morgan fingerprint density at radius 3 is 2.58 bits per heavy atom. The van der Waals surface area contributed by atoms with E-state index >= 15 is 0 Å². The lowest BCUT2D eigenvalue weighted by Crippen LogP contribution is -2.40. The minimum Gasteiger partial charge on any atom is -0.412 e. The van der Waals surface area contributed by atoms with Crippen LogP contribution in [-0.2, 0) is 11.0 Å². The summed E-state index contributed by atoms with van der Waals surface area (Å²) in [7, 11) is -1.79. The van der Waals surface area contributed by atoms with E-state index in [1.165, 1.54) is 16.9 Å². The largest absolute Gasteiger partial charge is 0.412 e. The van der Waals surface area contributed by atoms with Crippen molar-refractivity contribution in [2.24, 2.45) is 0 Å². The second-order valence-corrected chi connectivity index (χ2v) is 13.9. The molecule has 3 rings (SSSR count). The van der Waals surface area contributed by atoms with E-state index < -0.39 is 8.32 Å². The van der Waals surface area contributed by atoms with Crippen LogP contribution in [0.1, 0.15) is 58.3 Å². The molecule has 2 aromatic rings. The molecular formula is C21H33N3OSi. The number of nitrogens with one attached hydrogen (secondary N) is 1. The molecule has 0 saturated heterocycles. The SMILES string of the molecule is CC(C)c1nc2c(CO[Si](C)(C)C(C)(C)C)cccc2n1C1=CCCN1. The zero-order chi connectivity index (χ0) is 19.1. The van der Waals surface area contributed by atoms with Gasteiger partial charge in [0.25, 0.3) is 0 Å². The number of nitrogens with zero attached hydrogens (tertiary/aromatic N) is 2. The molecule has 1 aliphatic heterocycles. The minimum atomic E-state index is -1.79. The first-order valence-electron chi connectivity index (χ1n) is 9.70. The molecule has 0 bridgehead atoms. The Balaban J connectivity index is 2.02. The standard InChI is InChI=1S/C21H33N3OSi/c1-15(2)20-23-19-16(14-25-26(6,7)21(3,4)5)10-8-11-17(19)24(20)18-12-9-13-22-18/h8,10-12,15,22H,9,13-14H2,1-7H3. The zero-order valence-corrected chi connectivity index (χ0v) is 18.3. The van der Waals surface area contributed by atoms with E-state index in [0.29, 0.717) is 12.5 Å². The monoisotopic (exact) mass is 371 g/mol. The molecule has 1 aromatic carbocycles. The van der Waals surface area contributed by atoms with Crippen LogP contribution < -0.4 is 5.32 Å². The first-order chi connectivity index (χ1) is 12.1. The fourth-order valence-electron chi connectivity index (χ4n) is 3.06. The number of hydrogen-bond donors (Lipinski definition) is 1. The van der Waals surface area contributed by atoms with Crippen LogP contribution in [0.15, 0.2) is 24.3 Å². The molecule has 0 aliphatic carbocycles. The van der Waals surface area contributed by atoms with Gasteiger partial charge in [0.15, 0.2) is 8.32 Å². The van der Waals surface area contributed by atoms with Crippen LogP contribution in [0.5, 0.6) is 0 Å². The number of aromatic nitrogens is 2. The van der Waals surface area contributed by atoms with Gasteiger partial charge in [-0.2, -0.15) is 0 Å². The molecule has 0 unspecified atom stereocenters. The highest BCUT2D eigenvalue weighted by molar-refractivity contribution is 6.74. The summed E-state index contributed by atoms with van der Waals surface area (Å²) in [6.07, 6.45) is 3.34. The third kappa shape index (κ3) is 3.47. The second kappa shape index (κ2) is 6.85. The van der Waals surface area contributed by atoms with Crippen LogP contribution in [0.25, 0.3) is 16.9 Å². The molecule has 0 atom stereocenters. The maximum Gasteiger partial charge on any atom is 0.192 e. The molecule has 1 aliphatic rings. The van der Waals surface area contributed by atoms with E-state index in [0.717, 1.165) is 24.3 Å². The summed E-state index contributed by atoms with van der Waals surface area (Å²) in [4.78, 5) is 5.04. The van der Waals surface area contributed by atoms with Crippen LogP contribution >= 0.6 is 0 Å². The molecular weight excluding hydrogens is 338 g/mol. The Hall–Kier alpha value is -1.59. The van der Waals surface area contributed by atoms with Crippen molar-refractivity contribution >= 4 is 25.2 Å². The summed E-state index contributed by atoms with van der Waals surface area (Å²) >= 11 is 0. The van der Waals surface area contributed by atoms with E-state index in [1.807, 2.05) is 0 Å². The van der Waals surface area contributed by atoms with Gasteiger partial charge in [-0.3, -0.25) is 4.57 Å². The van der Waals surface area contributed by atoms with E-state index in [9.17, 15) is 0 Å². The molecule has 26 heavy (non-hydrogen) atoms. The van der Waals surface area contributed by atoms with Crippen molar-refractivity contribution in [3.63, 3.8) is 0 Å². The van der Waals surface area contributed by atoms with Crippen LogP contribution in [-0.4, -0.2) is 24.4 Å². The minimum absolute atomic E-state index is 0.210. The summed E-state index contributed by atoms with van der Waals surface area (Å²) in [6.45, 7) is 17.5. The third-order valence-corrected chi connectivity index (χ3v) is 10.2. The smallest absolute Gasteiger partial charge is 0.192 e. The number of imidazole rings is 1. The van der Waals surface area contributed by atoms with Crippen LogP contribution in [0.2, 0.25) is 18.1 Å². The predicted octanol–water partition coefficient (Wildman–Crippen LogP) is 5.47. The summed E-state index contributed by atoms with van der Waals surface area (Å²) in [5.41, 5.74) is 3.43. The number of fused-ring (bicyclic) bond motifs is 1. The van der Waals surface area contributed by atoms with Gasteiger partial charge in [-0.15, -0.1) is 0 Å². The maximum absolute atomic E-state index is 6.48. The van der Waals surface area contributed by atoms with Crippen molar-refractivity contribution in [2.45, 2.75) is 71.7 Å². The van der Waals surface area contributed by atoms with Crippen molar-refractivity contribution in [1.82, 2.24) is 14.9 Å². The van der Waals surface area contributed by atoms with Crippen molar-refractivity contribution in [2.75, 3.05) is 6.54 Å². The fraction of sp³-hybridized carbons (Fsp3) is 0.571. The first-order valence-corrected chi connectivity index (χ1v) is 12.6. The predicted molar refractivity (Wildman–Crippen MR) is 113 cm³/mol. The summed E-state index contributed by atoms with van der Waals surface area (Å²) in [5.74, 6) is 2.64. The van der Waals surface area contributed by atoms with Gasteiger partial charge in [-0.25, -0.2) is 4.98 Å². The molecule has 0 radical (unpaired) electrons. The lowest BCUT2D eigenvalue weighted by molar-refractivity contribution is 0.277. The van der Waals surface area contributed by atoms with Crippen LogP contribution in [0, 0.1) is 0 Å². The Morgan fingerprint density at radius 2 is 2.00 bits per heavy atom. The van der Waals surface area contributed by atoms with Gasteiger partial charge >= 0.3 is 0 Å². The molecule has 4 nitrogen and oxygen atoms in total. The van der Waals surface area contributed by atoms with Gasteiger partial charge in [-0.1, -0.05) is 46.8 Å². The van der Waals surface area contributed by atoms with Crippen molar-refractivity contribution in [3.05, 3.63) is 35.7 Å². The normalized spacial score (nSPS) is 15.6. The van der Waals surface area contributed by atoms with Crippen molar-refractivity contribution < 1.29 is 4.43 Å². The third-order valence-electron chi connectivity index (χ3n) is 5.73. The molecule has 0 saturated carbocycles. The highest BCUT2D eigenvalue weighted by atomic mass is 28.4.